The zero-order valence-corrected chi connectivity index (χ0v) is 42.5. The molecule has 0 aromatic carbocycles. The highest BCUT2D eigenvalue weighted by atomic mass is 35.5. The number of rotatable bonds is 22. The number of quaternary nitrogens is 1. The van der Waals surface area contributed by atoms with E-state index in [1.165, 1.54) is 7.11 Å². The van der Waals surface area contributed by atoms with Crippen LogP contribution in [0.15, 0.2) is 0 Å². The van der Waals surface area contributed by atoms with E-state index >= 15 is 0 Å². The molecule has 0 heterocycles. The summed E-state index contributed by atoms with van der Waals surface area (Å²) in [6.45, 7) is 13.2. The number of nitrogens with one attached hydrogen (secondary N) is 7. The number of hydrogen-bond acceptors (Lipinski definition) is 13. The highest BCUT2D eigenvalue weighted by molar-refractivity contribution is 5.91. The van der Waals surface area contributed by atoms with Gasteiger partial charge in [0.25, 0.3) is 5.91 Å². The van der Waals surface area contributed by atoms with Crippen LogP contribution in [-0.2, 0) is 43.0 Å². The van der Waals surface area contributed by atoms with Crippen LogP contribution in [0.5, 0.6) is 0 Å². The first-order chi connectivity index (χ1) is 30.8. The fourth-order valence-corrected chi connectivity index (χ4v) is 3.89. The van der Waals surface area contributed by atoms with Crippen molar-refractivity contribution in [1.29, 1.82) is 0 Å². The van der Waals surface area contributed by atoms with E-state index < -0.39 is 84.3 Å². The summed E-state index contributed by atoms with van der Waals surface area (Å²) >= 11 is 0. The van der Waals surface area contributed by atoms with Crippen molar-refractivity contribution in [2.24, 2.45) is 45.9 Å². The van der Waals surface area contributed by atoms with Gasteiger partial charge in [-0.3, -0.25) is 73.4 Å². The molecular formula is C37H84Cl2N16O14+4. The van der Waals surface area contributed by atoms with Crippen LogP contribution in [0.25, 0.3) is 0 Å². The Kier molecular flexibility index (Phi) is 50.6. The van der Waals surface area contributed by atoms with Gasteiger partial charge < -0.3 is 68.0 Å². The minimum atomic E-state index is -1.20. The zero-order valence-electron chi connectivity index (χ0n) is 40.9. The van der Waals surface area contributed by atoms with Crippen molar-refractivity contribution in [2.45, 2.75) is 116 Å². The van der Waals surface area contributed by atoms with E-state index in [-0.39, 0.29) is 68.0 Å². The van der Waals surface area contributed by atoms with E-state index in [0.29, 0.717) is 45.3 Å². The van der Waals surface area contributed by atoms with Crippen molar-refractivity contribution in [3.8, 4) is 0 Å². The summed E-state index contributed by atoms with van der Waals surface area (Å²) in [5, 5.41) is 35.1. The Morgan fingerprint density at radius 2 is 0.913 bits per heavy atom. The highest BCUT2D eigenvalue weighted by Crippen LogP contribution is 2.07. The molecule has 32 heteroatoms. The minimum absolute atomic E-state index is 0. The third kappa shape index (κ3) is 63.8. The van der Waals surface area contributed by atoms with Crippen LogP contribution in [-0.4, -0.2) is 163 Å². The normalized spacial score (nSPS) is 11.0. The molecular weight excluding hydrogens is 963 g/mol. The fourth-order valence-electron chi connectivity index (χ4n) is 3.89. The molecule has 0 rings (SSSR count). The van der Waals surface area contributed by atoms with Crippen molar-refractivity contribution >= 4 is 90.6 Å². The van der Waals surface area contributed by atoms with Crippen LogP contribution in [0.2, 0.25) is 0 Å². The topological polar surface area (TPSA) is 551 Å². The number of carbonyl (C=O) groups is 8. The smallest absolute Gasteiger partial charge is 0.408 e. The number of carboxylic acids is 3. The average Bonchev–Trinajstić information content (AvgIpc) is 3.19. The lowest BCUT2D eigenvalue weighted by Gasteiger charge is -2.22. The van der Waals surface area contributed by atoms with Gasteiger partial charge in [-0.1, -0.05) is 6.92 Å². The zero-order chi connectivity index (χ0) is 53.3. The fraction of sp³-hybridized carbons (Fsp3) is 0.703. The lowest BCUT2D eigenvalue weighted by atomic mass is 10.1. The highest BCUT2D eigenvalue weighted by Gasteiger charge is 2.29. The predicted molar refractivity (Wildman–Crippen MR) is 258 cm³/mol. The van der Waals surface area contributed by atoms with E-state index in [0.717, 1.165) is 6.54 Å². The molecule has 0 fully saturated rings. The number of carboxylic acid groups (broad SMARTS) is 3. The van der Waals surface area contributed by atoms with Crippen LogP contribution in [0.3, 0.4) is 0 Å². The molecule has 0 bridgehead atoms. The number of hydrogen-bond donors (Lipinski definition) is 19. The number of aliphatic carboxylic acids is 3. The van der Waals surface area contributed by atoms with E-state index in [2.05, 4.69) is 46.7 Å². The van der Waals surface area contributed by atoms with Gasteiger partial charge in [-0.25, -0.2) is 14.4 Å². The van der Waals surface area contributed by atoms with Crippen molar-refractivity contribution in [2.75, 3.05) is 52.9 Å². The van der Waals surface area contributed by atoms with Gasteiger partial charge in [-0.05, 0) is 80.2 Å². The van der Waals surface area contributed by atoms with E-state index in [1.807, 2.05) is 6.92 Å². The molecule has 0 aliphatic carbocycles. The number of nitrogens with two attached hydrogens (primary N) is 8. The van der Waals surface area contributed by atoms with Crippen molar-refractivity contribution < 1.29 is 88.6 Å². The maximum atomic E-state index is 12.8. The first kappa shape index (κ1) is 76.9. The number of guanidine groups is 3. The Balaban J connectivity index is -0.000000178. The molecule has 0 unspecified atom stereocenters. The number of alkyl carbamates (subject to hydrolysis) is 2. The summed E-state index contributed by atoms with van der Waals surface area (Å²) in [7, 11) is 1.30. The Morgan fingerprint density at radius 1 is 0.594 bits per heavy atom. The lowest BCUT2D eigenvalue weighted by molar-refractivity contribution is -0.463. The third-order valence-electron chi connectivity index (χ3n) is 6.63. The SMILES string of the molecule is CC(C)(C)OC(=O)NCC(=O)O.CC(C)(C)OC(=O)NCC(=O)O.CCN.COC(=O)CN.Cl.Cl.NC(N)=[NH+]CCC[C@H](NC(=O)[C@H](CCC[NH+]=C(N)N)NC(=O)[C@@H]([NH3+])CCC[NH+]=C(N)N)C(=O)O. The summed E-state index contributed by atoms with van der Waals surface area (Å²) < 4.78 is 13.7. The predicted octanol–water partition coefficient (Wildman–Crippen LogP) is -9.83. The van der Waals surface area contributed by atoms with Gasteiger partial charge in [0.05, 0.1) is 33.3 Å². The molecule has 0 aromatic heterocycles. The molecule has 29 N–H and O–H groups in total. The second-order valence-corrected chi connectivity index (χ2v) is 15.4. The molecule has 0 saturated heterocycles. The Bertz CT molecular complexity index is 1520. The van der Waals surface area contributed by atoms with Crippen LogP contribution in [0.4, 0.5) is 9.59 Å². The molecule has 0 spiro atoms. The number of esters is 1. The van der Waals surface area contributed by atoms with Gasteiger partial charge in [0.2, 0.25) is 5.91 Å². The van der Waals surface area contributed by atoms with Crippen LogP contribution >= 0.6 is 24.8 Å². The number of ether oxygens (including phenoxy) is 3. The second-order valence-electron chi connectivity index (χ2n) is 15.4. The summed E-state index contributed by atoms with van der Waals surface area (Å²) in [6.07, 6.45) is 0.738. The molecule has 69 heavy (non-hydrogen) atoms. The Morgan fingerprint density at radius 3 is 1.17 bits per heavy atom. The molecule has 0 aliphatic heterocycles. The number of halogens is 2. The summed E-state index contributed by atoms with van der Waals surface area (Å²) in [5.41, 5.74) is 44.3. The molecule has 0 saturated carbocycles. The van der Waals surface area contributed by atoms with Gasteiger partial charge in [0.1, 0.15) is 36.4 Å². The lowest BCUT2D eigenvalue weighted by Crippen LogP contribution is -2.78. The summed E-state index contributed by atoms with van der Waals surface area (Å²) in [4.78, 5) is 96.5. The van der Waals surface area contributed by atoms with E-state index in [4.69, 9.17) is 65.6 Å². The van der Waals surface area contributed by atoms with Gasteiger partial charge in [-0.15, -0.1) is 24.8 Å². The second kappa shape index (κ2) is 45.4. The van der Waals surface area contributed by atoms with Crippen LogP contribution < -0.4 is 87.8 Å². The van der Waals surface area contributed by atoms with Crippen molar-refractivity contribution in [3.63, 3.8) is 0 Å². The number of methoxy groups -OCH3 is 1. The molecule has 406 valence electrons. The molecule has 0 radical (unpaired) electrons. The molecule has 30 nitrogen and oxygen atoms in total. The maximum Gasteiger partial charge on any atom is 0.408 e. The quantitative estimate of drug-likeness (QED) is 0.0157. The maximum absolute atomic E-state index is 12.8. The number of amides is 4. The van der Waals surface area contributed by atoms with Gasteiger partial charge >= 0.3 is 53.9 Å². The molecule has 0 aromatic rings. The van der Waals surface area contributed by atoms with Gasteiger partial charge in [0, 0.05) is 6.42 Å². The minimum Gasteiger partial charge on any atom is -0.480 e. The molecule has 0 aliphatic rings. The van der Waals surface area contributed by atoms with E-state index in [1.54, 1.807) is 41.5 Å². The number of carbonyl (C=O) groups excluding carboxylic acids is 5. The van der Waals surface area contributed by atoms with Gasteiger partial charge in [-0.2, -0.15) is 0 Å². The molecule has 3 atom stereocenters. The third-order valence-corrected chi connectivity index (χ3v) is 6.63. The van der Waals surface area contributed by atoms with Crippen LogP contribution in [0.1, 0.15) is 87.0 Å². The van der Waals surface area contributed by atoms with Crippen LogP contribution in [0, 0.1) is 0 Å². The standard InChI is InChI=1S/C18H38N12O4.2C7H13NO4.C3H7NO2.C2H7N.2ClH/c19-10(4-1-7-26-16(20)21)13(31)29-11(5-2-8-27-17(22)23)14(32)30-12(15(33)34)6-3-9-28-18(24)25;2*1-7(2,3)12-6(11)8-4-5(9)10;1-6-3(5)2-4;1-2-3;;/h10-12H,1-9,19H2,(H,29,31)(H,30,32)(H,33,34)(H4,20,21,26)(H4,22,23,27)(H4,24,25,28);2*4H2,1-3H3,(H,8,11)(H,9,10);2,4H2,1H3;2-3H2,1H3;2*1H/p+4/t10-,11-,12-;;;;;;/m0....../s1. The monoisotopic (exact) mass is 1050 g/mol. The molecule has 4 amide bonds. The first-order valence-corrected chi connectivity index (χ1v) is 20.6. The van der Waals surface area contributed by atoms with Crippen molar-refractivity contribution in [3.05, 3.63) is 0 Å². The average molecular weight is 1050 g/mol. The summed E-state index contributed by atoms with van der Waals surface area (Å²) in [6, 6.07) is -2.77. The Hall–Kier alpha value is -6.37. The first-order valence-electron chi connectivity index (χ1n) is 20.6. The van der Waals surface area contributed by atoms with E-state index in [9.17, 15) is 43.5 Å². The van der Waals surface area contributed by atoms with Gasteiger partial charge in [0.15, 0.2) is 6.04 Å². The largest absolute Gasteiger partial charge is 0.480 e. The van der Waals surface area contributed by atoms with Crippen molar-refractivity contribution in [1.82, 2.24) is 21.3 Å². The Labute approximate surface area is 414 Å². The summed E-state index contributed by atoms with van der Waals surface area (Å²) in [5.74, 6) is -4.70.